The molecule has 1 aromatic carbocycles. The zero-order valence-electron chi connectivity index (χ0n) is 20.3. The third-order valence-corrected chi connectivity index (χ3v) is 7.68. The third-order valence-electron chi connectivity index (χ3n) is 7.68. The minimum absolute atomic E-state index is 0.0520. The molecule has 2 aliphatic rings. The largest absolute Gasteiger partial charge is 0.361 e. The highest BCUT2D eigenvalue weighted by Crippen LogP contribution is 2.49. The average molecular weight is 464 g/mol. The summed E-state index contributed by atoms with van der Waals surface area (Å²) in [6, 6.07) is 12.5. The molecule has 1 aliphatic heterocycles. The fraction of sp³-hybridized carbons (Fsp3) is 0.520. The van der Waals surface area contributed by atoms with Gasteiger partial charge in [0.25, 0.3) is 0 Å². The molecule has 1 saturated heterocycles. The van der Waals surface area contributed by atoms with Gasteiger partial charge in [-0.1, -0.05) is 30.3 Å². The van der Waals surface area contributed by atoms with Crippen LogP contribution in [0.4, 0.5) is 5.69 Å². The highest BCUT2D eigenvalue weighted by atomic mass is 16.3. The minimum Gasteiger partial charge on any atom is -0.361 e. The number of hydrogen-bond donors (Lipinski definition) is 1. The van der Waals surface area contributed by atoms with Crippen LogP contribution >= 0.6 is 0 Å². The zero-order chi connectivity index (χ0) is 24.5. The summed E-state index contributed by atoms with van der Waals surface area (Å²) >= 11 is 0. The predicted octanol–water partition coefficient (Wildman–Crippen LogP) is 1.60. The predicted molar refractivity (Wildman–Crippen MR) is 129 cm³/mol. The van der Waals surface area contributed by atoms with Crippen molar-refractivity contribution in [2.24, 2.45) is 0 Å². The quantitative estimate of drug-likeness (QED) is 0.714. The van der Waals surface area contributed by atoms with Gasteiger partial charge >= 0.3 is 0 Å². The van der Waals surface area contributed by atoms with Crippen molar-refractivity contribution >= 4 is 11.6 Å². The highest BCUT2D eigenvalue weighted by molar-refractivity contribution is 5.78. The summed E-state index contributed by atoms with van der Waals surface area (Å²) < 4.78 is 0. The number of hydrogen-bond acceptors (Lipinski definition) is 8. The Balaban J connectivity index is 1.66. The van der Waals surface area contributed by atoms with Crippen LogP contribution in [0.1, 0.15) is 37.1 Å². The standard InChI is InChI=1S/C25H33N7O2/c1-29(2)22(33)17-32-23(34)31(20-15-27-21(14-26)28-16-20)18-24(32)10-12-25(13-11-24,30(3)4)19-8-6-5-7-9-19/h5-9,15-16,23,34H,10-13,17-18H2,1-4H3. The van der Waals surface area contributed by atoms with Crippen molar-refractivity contribution in [3.63, 3.8) is 0 Å². The molecule has 1 aliphatic carbocycles. The molecule has 9 heteroatoms. The van der Waals surface area contributed by atoms with E-state index in [0.29, 0.717) is 12.2 Å². The maximum absolute atomic E-state index is 12.7. The molecule has 180 valence electrons. The van der Waals surface area contributed by atoms with Gasteiger partial charge in [-0.05, 0) is 45.3 Å². The maximum atomic E-state index is 12.7. The van der Waals surface area contributed by atoms with Crippen molar-refractivity contribution in [3.8, 4) is 6.07 Å². The van der Waals surface area contributed by atoms with Gasteiger partial charge in [0.05, 0.1) is 24.6 Å². The first-order valence-corrected chi connectivity index (χ1v) is 11.6. The van der Waals surface area contributed by atoms with Crippen molar-refractivity contribution < 1.29 is 9.90 Å². The topological polar surface area (TPSA) is 99.8 Å². The van der Waals surface area contributed by atoms with Gasteiger partial charge in [0.15, 0.2) is 6.35 Å². The SMILES string of the molecule is CN(C)C(=O)CN1C(O)N(c2cnc(C#N)nc2)CC12CCC(c1ccccc1)(N(C)C)CC2. The molecule has 1 spiro atoms. The Labute approximate surface area is 201 Å². The van der Waals surface area contributed by atoms with Gasteiger partial charge in [0.2, 0.25) is 11.7 Å². The van der Waals surface area contributed by atoms with Crippen LogP contribution in [-0.4, -0.2) is 88.9 Å². The Morgan fingerprint density at radius 1 is 1.12 bits per heavy atom. The molecule has 1 atom stereocenters. The second kappa shape index (κ2) is 9.29. The van der Waals surface area contributed by atoms with Crippen LogP contribution in [0.3, 0.4) is 0 Å². The van der Waals surface area contributed by atoms with Gasteiger partial charge in [-0.2, -0.15) is 5.26 Å². The second-order valence-corrected chi connectivity index (χ2v) is 9.78. The fourth-order valence-electron chi connectivity index (χ4n) is 5.51. The molecule has 1 unspecified atom stereocenters. The van der Waals surface area contributed by atoms with E-state index in [1.54, 1.807) is 31.4 Å². The van der Waals surface area contributed by atoms with Crippen molar-refractivity contribution in [3.05, 3.63) is 54.1 Å². The number of nitrogens with zero attached hydrogens (tertiary/aromatic N) is 7. The van der Waals surface area contributed by atoms with Gasteiger partial charge in [-0.15, -0.1) is 0 Å². The second-order valence-electron chi connectivity index (χ2n) is 9.78. The number of anilines is 1. The highest BCUT2D eigenvalue weighted by Gasteiger charge is 2.55. The zero-order valence-corrected chi connectivity index (χ0v) is 20.3. The number of rotatable bonds is 5. The Hall–Kier alpha value is -3.06. The molecule has 1 amide bonds. The molecule has 1 N–H and O–H groups in total. The normalized spacial score (nSPS) is 27.2. The molecule has 4 rings (SSSR count). The van der Waals surface area contributed by atoms with Crippen LogP contribution in [0.2, 0.25) is 0 Å². The van der Waals surface area contributed by atoms with Gasteiger partial charge < -0.3 is 14.9 Å². The lowest BCUT2D eigenvalue weighted by atomic mass is 9.68. The molecule has 0 bridgehead atoms. The average Bonchev–Trinajstić information content (AvgIpc) is 3.11. The molecule has 0 radical (unpaired) electrons. The van der Waals surface area contributed by atoms with E-state index in [-0.39, 0.29) is 29.4 Å². The van der Waals surface area contributed by atoms with E-state index in [4.69, 9.17) is 5.26 Å². The van der Waals surface area contributed by atoms with Crippen LogP contribution < -0.4 is 4.90 Å². The molecule has 1 saturated carbocycles. The van der Waals surface area contributed by atoms with Crippen LogP contribution in [-0.2, 0) is 10.3 Å². The van der Waals surface area contributed by atoms with Gasteiger partial charge in [0.1, 0.15) is 6.07 Å². The summed E-state index contributed by atoms with van der Waals surface area (Å²) in [5.41, 5.74) is 1.47. The minimum atomic E-state index is -0.982. The van der Waals surface area contributed by atoms with Gasteiger partial charge in [-0.3, -0.25) is 9.69 Å². The van der Waals surface area contributed by atoms with E-state index in [1.165, 1.54) is 5.56 Å². The van der Waals surface area contributed by atoms with Crippen molar-refractivity contribution in [1.29, 1.82) is 5.26 Å². The molecule has 2 aromatic rings. The summed E-state index contributed by atoms with van der Waals surface area (Å²) in [7, 11) is 7.72. The number of aromatic nitrogens is 2. The number of aliphatic hydroxyl groups is 1. The van der Waals surface area contributed by atoms with Crippen molar-refractivity contribution in [2.75, 3.05) is 46.2 Å². The van der Waals surface area contributed by atoms with Crippen LogP contribution in [0.25, 0.3) is 0 Å². The number of likely N-dealkylation sites (N-methyl/N-ethyl adjacent to an activating group) is 1. The number of carbonyl (C=O) groups is 1. The summed E-state index contributed by atoms with van der Waals surface area (Å²) in [5, 5.41) is 20.4. The Morgan fingerprint density at radius 3 is 2.26 bits per heavy atom. The van der Waals surface area contributed by atoms with E-state index in [1.807, 2.05) is 21.9 Å². The Bertz CT molecular complexity index is 1040. The number of aliphatic hydroxyl groups excluding tert-OH is 1. The third kappa shape index (κ3) is 4.13. The molecule has 1 aromatic heterocycles. The first kappa shape index (κ1) is 24.1. The fourth-order valence-corrected chi connectivity index (χ4v) is 5.51. The first-order chi connectivity index (χ1) is 16.2. The molecule has 2 heterocycles. The number of benzene rings is 1. The summed E-state index contributed by atoms with van der Waals surface area (Å²) in [6.07, 6.45) is 5.61. The first-order valence-electron chi connectivity index (χ1n) is 11.6. The van der Waals surface area contributed by atoms with Crippen LogP contribution in [0.15, 0.2) is 42.7 Å². The number of carbonyl (C=O) groups excluding carboxylic acids is 1. The lowest BCUT2D eigenvalue weighted by molar-refractivity contribution is -0.136. The molecule has 34 heavy (non-hydrogen) atoms. The molecule has 9 nitrogen and oxygen atoms in total. The van der Waals surface area contributed by atoms with Gasteiger partial charge in [-0.25, -0.2) is 14.9 Å². The number of amides is 1. The summed E-state index contributed by atoms with van der Waals surface area (Å²) in [4.78, 5) is 28.6. The van der Waals surface area contributed by atoms with E-state index >= 15 is 0 Å². The monoisotopic (exact) mass is 463 g/mol. The van der Waals surface area contributed by atoms with Crippen LogP contribution in [0.5, 0.6) is 0 Å². The Kier molecular flexibility index (Phi) is 6.58. The maximum Gasteiger partial charge on any atom is 0.236 e. The summed E-state index contributed by atoms with van der Waals surface area (Å²) in [5.74, 6) is 0.0342. The molecular formula is C25H33N7O2. The lowest BCUT2D eigenvalue weighted by Crippen LogP contribution is -2.57. The molecular weight excluding hydrogens is 430 g/mol. The van der Waals surface area contributed by atoms with E-state index in [2.05, 4.69) is 53.2 Å². The van der Waals surface area contributed by atoms with Crippen molar-refractivity contribution in [1.82, 2.24) is 24.7 Å². The van der Waals surface area contributed by atoms with Crippen LogP contribution in [0, 0.1) is 11.3 Å². The van der Waals surface area contributed by atoms with Crippen molar-refractivity contribution in [2.45, 2.75) is 43.1 Å². The lowest BCUT2D eigenvalue weighted by Gasteiger charge is -2.51. The number of nitriles is 1. The van der Waals surface area contributed by atoms with E-state index in [0.717, 1.165) is 25.7 Å². The van der Waals surface area contributed by atoms with Gasteiger partial charge in [0, 0.05) is 31.7 Å². The Morgan fingerprint density at radius 2 is 1.74 bits per heavy atom. The van der Waals surface area contributed by atoms with E-state index < -0.39 is 6.35 Å². The molecule has 2 fully saturated rings. The summed E-state index contributed by atoms with van der Waals surface area (Å²) in [6.45, 7) is 0.685. The van der Waals surface area contributed by atoms with E-state index in [9.17, 15) is 9.90 Å². The smallest absolute Gasteiger partial charge is 0.236 e.